The van der Waals surface area contributed by atoms with Crippen LogP contribution in [0.5, 0.6) is 0 Å². The van der Waals surface area contributed by atoms with Gasteiger partial charge in [0.1, 0.15) is 0 Å². The SMILES string of the molecule is CC.CC.CC(C)C(F)(F)F. The first kappa shape index (κ1) is 17.0. The van der Waals surface area contributed by atoms with Gasteiger partial charge >= 0.3 is 6.18 Å². The Bertz CT molecular complexity index is 54.8. The normalized spacial score (nSPS) is 9.27. The molecule has 0 spiro atoms. The molecule has 0 bridgehead atoms. The predicted molar refractivity (Wildman–Crippen MR) is 43.6 cm³/mol. The number of rotatable bonds is 0. The lowest BCUT2D eigenvalue weighted by Gasteiger charge is -2.07. The average molecular weight is 172 g/mol. The van der Waals surface area contributed by atoms with Crippen LogP contribution in [0.1, 0.15) is 41.5 Å². The van der Waals surface area contributed by atoms with Crippen molar-refractivity contribution in [2.45, 2.75) is 47.7 Å². The number of alkyl halides is 3. The topological polar surface area (TPSA) is 0 Å². The third-order valence-electron chi connectivity index (χ3n) is 0.655. The highest BCUT2D eigenvalue weighted by atomic mass is 19.4. The third kappa shape index (κ3) is 17.7. The molecule has 0 heterocycles. The van der Waals surface area contributed by atoms with E-state index in [0.29, 0.717) is 0 Å². The first-order chi connectivity index (χ1) is 4.94. The van der Waals surface area contributed by atoms with Gasteiger partial charge in [-0.25, -0.2) is 0 Å². The van der Waals surface area contributed by atoms with Crippen molar-refractivity contribution in [2.75, 3.05) is 0 Å². The maximum atomic E-state index is 11.2. The van der Waals surface area contributed by atoms with Crippen molar-refractivity contribution in [1.82, 2.24) is 0 Å². The summed E-state index contributed by atoms with van der Waals surface area (Å²) in [6, 6.07) is 0. The van der Waals surface area contributed by atoms with Crippen molar-refractivity contribution in [3.8, 4) is 0 Å². The third-order valence-corrected chi connectivity index (χ3v) is 0.655. The molecule has 0 aliphatic rings. The lowest BCUT2D eigenvalue weighted by Crippen LogP contribution is -2.15. The Morgan fingerprint density at radius 2 is 0.909 bits per heavy atom. The molecule has 0 atom stereocenters. The van der Waals surface area contributed by atoms with E-state index in [4.69, 9.17) is 0 Å². The maximum Gasteiger partial charge on any atom is 0.391 e. The van der Waals surface area contributed by atoms with Gasteiger partial charge in [0.05, 0.1) is 0 Å². The zero-order chi connectivity index (χ0) is 10.1. The van der Waals surface area contributed by atoms with E-state index in [1.165, 1.54) is 0 Å². The van der Waals surface area contributed by atoms with Crippen molar-refractivity contribution in [3.63, 3.8) is 0 Å². The Morgan fingerprint density at radius 3 is 0.909 bits per heavy atom. The summed E-state index contributed by atoms with van der Waals surface area (Å²) < 4.78 is 33.5. The lowest BCUT2D eigenvalue weighted by molar-refractivity contribution is -0.164. The molecule has 0 rings (SSSR count). The molecule has 0 saturated carbocycles. The first-order valence-electron chi connectivity index (χ1n) is 4.01. The van der Waals surface area contributed by atoms with E-state index in [9.17, 15) is 13.2 Å². The van der Waals surface area contributed by atoms with Gasteiger partial charge in [0.2, 0.25) is 0 Å². The smallest absolute Gasteiger partial charge is 0.171 e. The van der Waals surface area contributed by atoms with Crippen molar-refractivity contribution < 1.29 is 13.2 Å². The van der Waals surface area contributed by atoms with Gasteiger partial charge in [0.15, 0.2) is 0 Å². The molecular weight excluding hydrogens is 153 g/mol. The van der Waals surface area contributed by atoms with Crippen molar-refractivity contribution >= 4 is 0 Å². The molecule has 3 heteroatoms. The van der Waals surface area contributed by atoms with E-state index >= 15 is 0 Å². The summed E-state index contributed by atoms with van der Waals surface area (Å²) in [7, 11) is 0. The fourth-order valence-corrected chi connectivity index (χ4v) is 0. The molecule has 0 aromatic carbocycles. The van der Waals surface area contributed by atoms with Crippen LogP contribution in [-0.4, -0.2) is 6.18 Å². The molecule has 0 nitrogen and oxygen atoms in total. The number of halogens is 3. The summed E-state index contributed by atoms with van der Waals surface area (Å²) in [5.74, 6) is -1.20. The summed E-state index contributed by atoms with van der Waals surface area (Å²) in [5, 5.41) is 0. The molecule has 0 radical (unpaired) electrons. The molecular formula is C8H19F3. The minimum atomic E-state index is -4.00. The second-order valence-electron chi connectivity index (χ2n) is 1.70. The Balaban J connectivity index is -0.000000138. The van der Waals surface area contributed by atoms with Crippen molar-refractivity contribution in [3.05, 3.63) is 0 Å². The maximum absolute atomic E-state index is 11.2. The van der Waals surface area contributed by atoms with Gasteiger partial charge in [-0.2, -0.15) is 13.2 Å². The quantitative estimate of drug-likeness (QED) is 0.512. The number of hydrogen-bond acceptors (Lipinski definition) is 0. The largest absolute Gasteiger partial charge is 0.391 e. The molecule has 0 unspecified atom stereocenters. The first-order valence-corrected chi connectivity index (χ1v) is 4.01. The Hall–Kier alpha value is -0.210. The molecule has 0 N–H and O–H groups in total. The molecule has 0 aliphatic carbocycles. The van der Waals surface area contributed by atoms with Gasteiger partial charge in [0.25, 0.3) is 0 Å². The molecule has 0 aliphatic heterocycles. The fourth-order valence-electron chi connectivity index (χ4n) is 0. The van der Waals surface area contributed by atoms with Crippen molar-refractivity contribution in [1.29, 1.82) is 0 Å². The van der Waals surface area contributed by atoms with Crippen LogP contribution in [0, 0.1) is 5.92 Å². The van der Waals surface area contributed by atoms with Gasteiger partial charge in [-0.1, -0.05) is 41.5 Å². The lowest BCUT2D eigenvalue weighted by atomic mass is 10.2. The summed E-state index contributed by atoms with van der Waals surface area (Å²) in [5.41, 5.74) is 0. The Labute approximate surface area is 67.8 Å². The fraction of sp³-hybridized carbons (Fsp3) is 1.00. The van der Waals surface area contributed by atoms with Crippen LogP contribution in [-0.2, 0) is 0 Å². The molecule has 0 aromatic rings. The van der Waals surface area contributed by atoms with Gasteiger partial charge in [0, 0.05) is 5.92 Å². The Kier molecular flexibility index (Phi) is 15.2. The standard InChI is InChI=1S/C4H7F3.2C2H6/c1-3(2)4(5,6)7;2*1-2/h3H,1-2H3;2*1-2H3. The van der Waals surface area contributed by atoms with E-state index in [1.807, 2.05) is 27.7 Å². The summed E-state index contributed by atoms with van der Waals surface area (Å²) in [6.07, 6.45) is -4.00. The molecule has 0 saturated heterocycles. The van der Waals surface area contributed by atoms with Crippen LogP contribution < -0.4 is 0 Å². The van der Waals surface area contributed by atoms with E-state index in [0.717, 1.165) is 13.8 Å². The van der Waals surface area contributed by atoms with Crippen molar-refractivity contribution in [2.24, 2.45) is 5.92 Å². The van der Waals surface area contributed by atoms with E-state index in [1.54, 1.807) is 0 Å². The summed E-state index contributed by atoms with van der Waals surface area (Å²) in [4.78, 5) is 0. The van der Waals surface area contributed by atoms with Gasteiger partial charge in [-0.15, -0.1) is 0 Å². The second-order valence-corrected chi connectivity index (χ2v) is 1.70. The Morgan fingerprint density at radius 1 is 0.818 bits per heavy atom. The van der Waals surface area contributed by atoms with E-state index in [2.05, 4.69) is 0 Å². The van der Waals surface area contributed by atoms with E-state index < -0.39 is 12.1 Å². The van der Waals surface area contributed by atoms with Gasteiger partial charge < -0.3 is 0 Å². The highest BCUT2D eigenvalue weighted by molar-refractivity contribution is 4.52. The van der Waals surface area contributed by atoms with Gasteiger partial charge in [-0.3, -0.25) is 0 Å². The van der Waals surface area contributed by atoms with Crippen LogP contribution in [0.4, 0.5) is 13.2 Å². The zero-order valence-electron chi connectivity index (χ0n) is 8.21. The molecule has 0 aromatic heterocycles. The second kappa shape index (κ2) is 9.79. The summed E-state index contributed by atoms with van der Waals surface area (Å²) in [6.45, 7) is 10.2. The van der Waals surface area contributed by atoms with Gasteiger partial charge in [-0.05, 0) is 0 Å². The highest BCUT2D eigenvalue weighted by Gasteiger charge is 2.31. The molecule has 0 amide bonds. The minimum Gasteiger partial charge on any atom is -0.171 e. The predicted octanol–water partition coefficient (Wildman–Crippen LogP) is 4.26. The number of hydrogen-bond donors (Lipinski definition) is 0. The van der Waals surface area contributed by atoms with Crippen LogP contribution in [0.2, 0.25) is 0 Å². The van der Waals surface area contributed by atoms with Crippen LogP contribution in [0.3, 0.4) is 0 Å². The highest BCUT2D eigenvalue weighted by Crippen LogP contribution is 2.24. The molecule has 0 fully saturated rings. The average Bonchev–Trinajstić information content (AvgIpc) is 1.95. The van der Waals surface area contributed by atoms with Crippen LogP contribution in [0.25, 0.3) is 0 Å². The monoisotopic (exact) mass is 172 g/mol. The van der Waals surface area contributed by atoms with Crippen LogP contribution >= 0.6 is 0 Å². The molecule has 72 valence electrons. The zero-order valence-corrected chi connectivity index (χ0v) is 8.21. The van der Waals surface area contributed by atoms with Crippen LogP contribution in [0.15, 0.2) is 0 Å². The molecule has 11 heavy (non-hydrogen) atoms. The minimum absolute atomic E-state index is 1.12. The summed E-state index contributed by atoms with van der Waals surface area (Å²) >= 11 is 0. The van der Waals surface area contributed by atoms with E-state index in [-0.39, 0.29) is 0 Å².